The molecule has 2 heterocycles. The maximum absolute atomic E-state index is 13.4. The fraction of sp³-hybridized carbons (Fsp3) is 0.290. The van der Waals surface area contributed by atoms with Crippen molar-refractivity contribution in [1.82, 2.24) is 15.2 Å². The first-order chi connectivity index (χ1) is 18.1. The second-order valence-electron chi connectivity index (χ2n) is 10.2. The Kier molecular flexibility index (Phi) is 6.05. The number of carbonyl (C=O) groups is 2. The Morgan fingerprint density at radius 2 is 1.76 bits per heavy atom. The largest absolute Gasteiger partial charge is 0.378 e. The van der Waals surface area contributed by atoms with Gasteiger partial charge >= 0.3 is 0 Å². The Morgan fingerprint density at radius 3 is 2.54 bits per heavy atom. The number of aromatic nitrogens is 1. The van der Waals surface area contributed by atoms with Crippen LogP contribution in [0.25, 0.3) is 10.9 Å². The first-order valence-electron chi connectivity index (χ1n) is 12.9. The number of piperidine rings is 1. The van der Waals surface area contributed by atoms with Gasteiger partial charge in [0.2, 0.25) is 5.91 Å². The Morgan fingerprint density at radius 1 is 1.00 bits per heavy atom. The molecule has 0 radical (unpaired) electrons. The van der Waals surface area contributed by atoms with Gasteiger partial charge < -0.3 is 19.9 Å². The van der Waals surface area contributed by atoms with Crippen LogP contribution >= 0.6 is 0 Å². The molecule has 2 amide bonds. The molecule has 6 nitrogen and oxygen atoms in total. The van der Waals surface area contributed by atoms with Crippen LogP contribution in [0.3, 0.4) is 0 Å². The number of nitrogens with one attached hydrogen (secondary N) is 2. The summed E-state index contributed by atoms with van der Waals surface area (Å²) in [5.74, 6) is 0.0386. The quantitative estimate of drug-likeness (QED) is 0.421. The molecule has 6 heteroatoms. The van der Waals surface area contributed by atoms with E-state index in [0.29, 0.717) is 25.1 Å². The van der Waals surface area contributed by atoms with E-state index in [0.717, 1.165) is 34.9 Å². The summed E-state index contributed by atoms with van der Waals surface area (Å²) in [5.41, 5.74) is 4.75. The summed E-state index contributed by atoms with van der Waals surface area (Å²) < 4.78 is 6.15. The normalized spacial score (nSPS) is 20.2. The van der Waals surface area contributed by atoms with Crippen LogP contribution in [0.5, 0.6) is 0 Å². The zero-order chi connectivity index (χ0) is 25.4. The Labute approximate surface area is 216 Å². The number of amides is 2. The lowest BCUT2D eigenvalue weighted by Crippen LogP contribution is -2.51. The minimum Gasteiger partial charge on any atom is -0.378 e. The van der Waals surface area contributed by atoms with Gasteiger partial charge in [0.1, 0.15) is 0 Å². The fourth-order valence-corrected chi connectivity index (χ4v) is 6.40. The molecule has 2 atom stereocenters. The lowest BCUT2D eigenvalue weighted by Gasteiger charge is -2.44. The first-order valence-corrected chi connectivity index (χ1v) is 12.9. The third-order valence-corrected chi connectivity index (χ3v) is 8.20. The summed E-state index contributed by atoms with van der Waals surface area (Å²) in [5, 5.41) is 4.38. The van der Waals surface area contributed by atoms with E-state index in [4.69, 9.17) is 4.74 Å². The van der Waals surface area contributed by atoms with Gasteiger partial charge in [0.15, 0.2) is 0 Å². The van der Waals surface area contributed by atoms with Crippen molar-refractivity contribution in [2.24, 2.45) is 0 Å². The number of hydrogen-bond donors (Lipinski definition) is 2. The molecule has 188 valence electrons. The van der Waals surface area contributed by atoms with Crippen molar-refractivity contribution in [2.45, 2.75) is 36.8 Å². The molecule has 1 fully saturated rings. The molecule has 1 spiro atoms. The number of aromatic amines is 1. The van der Waals surface area contributed by atoms with Gasteiger partial charge in [-0.2, -0.15) is 0 Å². The van der Waals surface area contributed by atoms with E-state index in [-0.39, 0.29) is 29.4 Å². The fourth-order valence-electron chi connectivity index (χ4n) is 6.40. The summed E-state index contributed by atoms with van der Waals surface area (Å²) in [6.45, 7) is 1.28. The molecule has 1 saturated heterocycles. The van der Waals surface area contributed by atoms with Crippen molar-refractivity contribution in [3.8, 4) is 0 Å². The van der Waals surface area contributed by atoms with Crippen LogP contribution < -0.4 is 5.32 Å². The van der Waals surface area contributed by atoms with E-state index in [1.165, 1.54) is 5.56 Å². The zero-order valence-corrected chi connectivity index (χ0v) is 20.9. The van der Waals surface area contributed by atoms with Crippen LogP contribution in [0.2, 0.25) is 0 Å². The van der Waals surface area contributed by atoms with Gasteiger partial charge in [0.05, 0.1) is 18.6 Å². The number of hydrogen-bond acceptors (Lipinski definition) is 3. The molecule has 37 heavy (non-hydrogen) atoms. The summed E-state index contributed by atoms with van der Waals surface area (Å²) in [6, 6.07) is 25.8. The van der Waals surface area contributed by atoms with Gasteiger partial charge in [-0.15, -0.1) is 0 Å². The van der Waals surface area contributed by atoms with Gasteiger partial charge in [-0.3, -0.25) is 9.59 Å². The van der Waals surface area contributed by atoms with Gasteiger partial charge in [0.25, 0.3) is 5.91 Å². The molecule has 6 rings (SSSR count). The third-order valence-electron chi connectivity index (χ3n) is 8.20. The predicted molar refractivity (Wildman–Crippen MR) is 143 cm³/mol. The highest BCUT2D eigenvalue weighted by Gasteiger charge is 2.54. The number of ether oxygens (including phenoxy) is 1. The lowest BCUT2D eigenvalue weighted by atomic mass is 9.71. The monoisotopic (exact) mass is 493 g/mol. The number of carbonyl (C=O) groups excluding carboxylic acids is 2. The Bertz CT molecular complexity index is 1440. The van der Waals surface area contributed by atoms with E-state index in [2.05, 4.69) is 28.5 Å². The van der Waals surface area contributed by atoms with E-state index in [1.54, 1.807) is 7.11 Å². The second-order valence-corrected chi connectivity index (χ2v) is 10.2. The molecule has 2 N–H and O–H groups in total. The minimum atomic E-state index is -0.254. The minimum absolute atomic E-state index is 0.0163. The number of benzene rings is 3. The van der Waals surface area contributed by atoms with Crippen LogP contribution in [0.1, 0.15) is 45.9 Å². The van der Waals surface area contributed by atoms with Gasteiger partial charge in [-0.1, -0.05) is 60.7 Å². The van der Waals surface area contributed by atoms with E-state index in [1.807, 2.05) is 71.8 Å². The highest BCUT2D eigenvalue weighted by atomic mass is 16.5. The molecule has 0 unspecified atom stereocenters. The number of methoxy groups -OCH3 is 1. The van der Waals surface area contributed by atoms with Crippen molar-refractivity contribution < 1.29 is 14.3 Å². The summed E-state index contributed by atoms with van der Waals surface area (Å²) in [4.78, 5) is 31.6. The Balaban J connectivity index is 1.22. The molecular formula is C31H31N3O3. The summed E-state index contributed by atoms with van der Waals surface area (Å²) in [6.07, 6.45) is 3.59. The number of likely N-dealkylation sites (tertiary alicyclic amines) is 1. The van der Waals surface area contributed by atoms with Crippen molar-refractivity contribution in [3.05, 3.63) is 107 Å². The van der Waals surface area contributed by atoms with Crippen molar-refractivity contribution in [2.75, 3.05) is 20.2 Å². The maximum Gasteiger partial charge on any atom is 0.253 e. The third kappa shape index (κ3) is 4.11. The van der Waals surface area contributed by atoms with Gasteiger partial charge in [-0.25, -0.2) is 0 Å². The van der Waals surface area contributed by atoms with Crippen molar-refractivity contribution in [3.63, 3.8) is 0 Å². The first kappa shape index (κ1) is 23.5. The molecular weight excluding hydrogens is 462 g/mol. The van der Waals surface area contributed by atoms with Crippen LogP contribution in [0.4, 0.5) is 0 Å². The molecule has 1 aliphatic carbocycles. The molecule has 0 bridgehead atoms. The summed E-state index contributed by atoms with van der Waals surface area (Å²) >= 11 is 0. The smallest absolute Gasteiger partial charge is 0.253 e. The topological polar surface area (TPSA) is 74.4 Å². The van der Waals surface area contributed by atoms with Crippen LogP contribution in [-0.4, -0.2) is 48.0 Å². The van der Waals surface area contributed by atoms with Gasteiger partial charge in [-0.05, 0) is 53.1 Å². The van der Waals surface area contributed by atoms with Crippen molar-refractivity contribution >= 4 is 22.7 Å². The average molecular weight is 494 g/mol. The van der Waals surface area contributed by atoms with Crippen LogP contribution in [-0.2, 0) is 21.4 Å². The highest BCUT2D eigenvalue weighted by Crippen LogP contribution is 2.52. The lowest BCUT2D eigenvalue weighted by molar-refractivity contribution is -0.122. The van der Waals surface area contributed by atoms with E-state index in [9.17, 15) is 9.59 Å². The predicted octanol–water partition coefficient (Wildman–Crippen LogP) is 4.77. The SMILES string of the molecule is CO[C@H]1[C@H](NC(=O)Cc2ccccc2)c2ccccc2C12CCN(C(=O)c1ccc3cc[nH]c3c1)CC2. The number of nitrogens with zero attached hydrogens (tertiary/aromatic N) is 1. The number of H-pyrrole nitrogens is 1. The molecule has 2 aliphatic rings. The van der Waals surface area contributed by atoms with E-state index < -0.39 is 0 Å². The standard InChI is InChI=1S/C31H31N3O3/c1-37-29-28(33-27(35)19-21-7-3-2-4-8-21)24-9-5-6-10-25(24)31(29)14-17-34(18-15-31)30(36)23-12-11-22-13-16-32-26(22)20-23/h2-13,16,20,28-29,32H,14-15,17-19H2,1H3,(H,33,35)/t28-,29+/m1/s1. The molecule has 1 aliphatic heterocycles. The molecule has 1 aromatic heterocycles. The van der Waals surface area contributed by atoms with Crippen LogP contribution in [0.15, 0.2) is 85.1 Å². The Hall–Kier alpha value is -3.90. The maximum atomic E-state index is 13.4. The molecule has 0 saturated carbocycles. The summed E-state index contributed by atoms with van der Waals surface area (Å²) in [7, 11) is 1.73. The molecule has 3 aromatic carbocycles. The molecule has 4 aromatic rings. The second kappa shape index (κ2) is 9.52. The van der Waals surface area contributed by atoms with Gasteiger partial charge in [0, 0.05) is 42.9 Å². The zero-order valence-electron chi connectivity index (χ0n) is 20.9. The number of rotatable bonds is 5. The highest BCUT2D eigenvalue weighted by molar-refractivity contribution is 5.98. The van der Waals surface area contributed by atoms with Crippen LogP contribution in [0, 0.1) is 0 Å². The van der Waals surface area contributed by atoms with E-state index >= 15 is 0 Å². The number of fused-ring (bicyclic) bond motifs is 3. The van der Waals surface area contributed by atoms with Crippen molar-refractivity contribution in [1.29, 1.82) is 0 Å². The average Bonchev–Trinajstić information content (AvgIpc) is 3.50.